The van der Waals surface area contributed by atoms with Crippen molar-refractivity contribution in [2.24, 2.45) is 5.41 Å². The maximum absolute atomic E-state index is 6.16. The van der Waals surface area contributed by atoms with Gasteiger partial charge < -0.3 is 10.2 Å². The van der Waals surface area contributed by atoms with Crippen LogP contribution < -0.4 is 5.32 Å². The first kappa shape index (κ1) is 16.2. The minimum absolute atomic E-state index is 0.162. The van der Waals surface area contributed by atoms with Gasteiger partial charge in [0.1, 0.15) is 17.3 Å². The third-order valence-corrected chi connectivity index (χ3v) is 3.19. The average Bonchev–Trinajstić information content (AvgIpc) is 2.24. The summed E-state index contributed by atoms with van der Waals surface area (Å²) in [6, 6.07) is 0. The first-order valence-electron chi connectivity index (χ1n) is 6.62. The summed E-state index contributed by atoms with van der Waals surface area (Å²) in [6.07, 6.45) is 1.51. The molecular weight excluding hydrogens is 260 g/mol. The van der Waals surface area contributed by atoms with Gasteiger partial charge in [-0.15, -0.1) is 0 Å². The van der Waals surface area contributed by atoms with Gasteiger partial charge in [0.15, 0.2) is 0 Å². The van der Waals surface area contributed by atoms with Crippen LogP contribution in [0.5, 0.6) is 0 Å². The van der Waals surface area contributed by atoms with Crippen molar-refractivity contribution in [2.75, 3.05) is 32.5 Å². The van der Waals surface area contributed by atoms with Crippen LogP contribution in [0.3, 0.4) is 0 Å². The maximum Gasteiger partial charge on any atom is 0.138 e. The van der Waals surface area contributed by atoms with Crippen LogP contribution in [0.15, 0.2) is 6.33 Å². The van der Waals surface area contributed by atoms with Crippen molar-refractivity contribution in [3.05, 3.63) is 17.0 Å². The average molecular weight is 285 g/mol. The van der Waals surface area contributed by atoms with Crippen LogP contribution in [-0.2, 0) is 0 Å². The molecule has 0 atom stereocenters. The molecule has 5 heteroatoms. The van der Waals surface area contributed by atoms with E-state index in [4.69, 9.17) is 11.6 Å². The number of aromatic nitrogens is 2. The molecule has 1 heterocycles. The predicted octanol–water partition coefficient (Wildman–Crippen LogP) is 3.25. The minimum Gasteiger partial charge on any atom is -0.369 e. The number of halogens is 1. The Morgan fingerprint density at radius 1 is 1.32 bits per heavy atom. The second-order valence-electron chi connectivity index (χ2n) is 6.34. The zero-order chi connectivity index (χ0) is 14.6. The van der Waals surface area contributed by atoms with Gasteiger partial charge in [0.2, 0.25) is 0 Å². The Bertz CT molecular complexity index is 416. The zero-order valence-corrected chi connectivity index (χ0v) is 13.5. The Morgan fingerprint density at radius 2 is 1.95 bits per heavy atom. The van der Waals surface area contributed by atoms with Gasteiger partial charge in [-0.1, -0.05) is 39.3 Å². The summed E-state index contributed by atoms with van der Waals surface area (Å²) in [5.74, 6) is 1.15. The normalized spacial score (nSPS) is 12.3. The van der Waals surface area contributed by atoms with E-state index in [0.29, 0.717) is 11.1 Å². The minimum atomic E-state index is 0.162. The van der Waals surface area contributed by atoms with Crippen LogP contribution >= 0.6 is 11.6 Å². The number of rotatable bonds is 6. The molecule has 0 radical (unpaired) electrons. The first-order chi connectivity index (χ1) is 8.73. The van der Waals surface area contributed by atoms with Crippen LogP contribution in [-0.4, -0.2) is 42.1 Å². The molecule has 1 aromatic heterocycles. The highest BCUT2D eigenvalue weighted by Gasteiger charge is 2.20. The van der Waals surface area contributed by atoms with Gasteiger partial charge in [-0.2, -0.15) is 0 Å². The van der Waals surface area contributed by atoms with E-state index in [2.05, 4.69) is 62.0 Å². The summed E-state index contributed by atoms with van der Waals surface area (Å²) < 4.78 is 0. The van der Waals surface area contributed by atoms with Crippen LogP contribution in [0.2, 0.25) is 5.15 Å². The molecule has 108 valence electrons. The third-order valence-electron chi connectivity index (χ3n) is 2.89. The van der Waals surface area contributed by atoms with Gasteiger partial charge in [0.25, 0.3) is 0 Å². The largest absolute Gasteiger partial charge is 0.369 e. The van der Waals surface area contributed by atoms with Crippen LogP contribution in [0.25, 0.3) is 0 Å². The lowest BCUT2D eigenvalue weighted by molar-refractivity contribution is 0.254. The first-order valence-corrected chi connectivity index (χ1v) is 7.00. The van der Waals surface area contributed by atoms with Crippen molar-refractivity contribution in [3.63, 3.8) is 0 Å². The Labute approximate surface area is 121 Å². The van der Waals surface area contributed by atoms with Crippen LogP contribution in [0, 0.1) is 5.41 Å². The van der Waals surface area contributed by atoms with Crippen molar-refractivity contribution in [1.82, 2.24) is 14.9 Å². The molecule has 1 rings (SSSR count). The van der Waals surface area contributed by atoms with Crippen LogP contribution in [0.1, 0.15) is 39.2 Å². The molecule has 0 bridgehead atoms. The summed E-state index contributed by atoms with van der Waals surface area (Å²) in [5, 5.41) is 3.96. The quantitative estimate of drug-likeness (QED) is 0.814. The van der Waals surface area contributed by atoms with E-state index in [0.717, 1.165) is 24.5 Å². The van der Waals surface area contributed by atoms with Crippen molar-refractivity contribution in [3.8, 4) is 0 Å². The Morgan fingerprint density at radius 3 is 2.47 bits per heavy atom. The van der Waals surface area contributed by atoms with E-state index in [-0.39, 0.29) is 5.41 Å². The molecule has 1 aromatic rings. The molecule has 0 aliphatic carbocycles. The van der Waals surface area contributed by atoms with Gasteiger partial charge in [0, 0.05) is 18.7 Å². The number of hydrogen-bond acceptors (Lipinski definition) is 4. The molecule has 0 fully saturated rings. The summed E-state index contributed by atoms with van der Waals surface area (Å²) in [7, 11) is 4.17. The lowest BCUT2D eigenvalue weighted by atomic mass is 9.92. The van der Waals surface area contributed by atoms with Gasteiger partial charge in [-0.05, 0) is 25.4 Å². The molecule has 4 nitrogen and oxygen atoms in total. The standard InChI is InChI=1S/C14H25ClN4/c1-10(2)11-12(15)17-9-18-13(11)16-7-14(3,4)8-19(5)6/h9-10H,7-8H2,1-6H3,(H,16,17,18). The summed E-state index contributed by atoms with van der Waals surface area (Å²) in [6.45, 7) is 10.5. The molecule has 0 aliphatic heterocycles. The molecule has 0 spiro atoms. The van der Waals surface area contributed by atoms with Crippen LogP contribution in [0.4, 0.5) is 5.82 Å². The smallest absolute Gasteiger partial charge is 0.138 e. The summed E-state index contributed by atoms with van der Waals surface area (Å²) in [4.78, 5) is 10.6. The number of anilines is 1. The van der Waals surface area contributed by atoms with E-state index in [1.807, 2.05) is 0 Å². The van der Waals surface area contributed by atoms with E-state index in [9.17, 15) is 0 Å². The van der Waals surface area contributed by atoms with Crippen molar-refractivity contribution in [1.29, 1.82) is 0 Å². The molecular formula is C14H25ClN4. The number of hydrogen-bond donors (Lipinski definition) is 1. The molecule has 0 unspecified atom stereocenters. The predicted molar refractivity (Wildman–Crippen MR) is 82.0 cm³/mol. The molecule has 0 saturated carbocycles. The highest BCUT2D eigenvalue weighted by Crippen LogP contribution is 2.28. The SMILES string of the molecule is CC(C)c1c(Cl)ncnc1NCC(C)(C)CN(C)C. The monoisotopic (exact) mass is 284 g/mol. The van der Waals surface area contributed by atoms with Crippen molar-refractivity contribution < 1.29 is 0 Å². The fraction of sp³-hybridized carbons (Fsp3) is 0.714. The maximum atomic E-state index is 6.16. The zero-order valence-electron chi connectivity index (χ0n) is 12.8. The number of nitrogens with zero attached hydrogens (tertiary/aromatic N) is 3. The molecule has 0 saturated heterocycles. The van der Waals surface area contributed by atoms with E-state index >= 15 is 0 Å². The molecule has 1 N–H and O–H groups in total. The van der Waals surface area contributed by atoms with Gasteiger partial charge in [0.05, 0.1) is 0 Å². The van der Waals surface area contributed by atoms with Gasteiger partial charge in [-0.25, -0.2) is 9.97 Å². The Kier molecular flexibility index (Phi) is 5.56. The van der Waals surface area contributed by atoms with E-state index in [1.54, 1.807) is 0 Å². The molecule has 0 amide bonds. The molecule has 0 aromatic carbocycles. The van der Waals surface area contributed by atoms with E-state index < -0.39 is 0 Å². The highest BCUT2D eigenvalue weighted by molar-refractivity contribution is 6.30. The molecule has 0 aliphatic rings. The third kappa shape index (κ3) is 4.96. The van der Waals surface area contributed by atoms with Gasteiger partial charge in [-0.3, -0.25) is 0 Å². The summed E-state index contributed by atoms with van der Waals surface area (Å²) in [5.41, 5.74) is 1.15. The van der Waals surface area contributed by atoms with E-state index in [1.165, 1.54) is 6.33 Å². The Hall–Kier alpha value is -0.870. The number of nitrogens with one attached hydrogen (secondary N) is 1. The van der Waals surface area contributed by atoms with Crippen molar-refractivity contribution >= 4 is 17.4 Å². The Balaban J connectivity index is 2.81. The lowest BCUT2D eigenvalue weighted by Crippen LogP contribution is -2.34. The topological polar surface area (TPSA) is 41.1 Å². The second-order valence-corrected chi connectivity index (χ2v) is 6.70. The van der Waals surface area contributed by atoms with Crippen molar-refractivity contribution in [2.45, 2.75) is 33.6 Å². The fourth-order valence-corrected chi connectivity index (χ4v) is 2.61. The highest BCUT2D eigenvalue weighted by atomic mass is 35.5. The lowest BCUT2D eigenvalue weighted by Gasteiger charge is -2.29. The summed E-state index contributed by atoms with van der Waals surface area (Å²) >= 11 is 6.16. The fourth-order valence-electron chi connectivity index (χ4n) is 2.26. The second kappa shape index (κ2) is 6.53. The van der Waals surface area contributed by atoms with Gasteiger partial charge >= 0.3 is 0 Å². The molecule has 19 heavy (non-hydrogen) atoms.